The highest BCUT2D eigenvalue weighted by Gasteiger charge is 2.30. The van der Waals surface area contributed by atoms with E-state index in [2.05, 4.69) is 20.0 Å². The van der Waals surface area contributed by atoms with E-state index < -0.39 is 11.2 Å². The number of hydrogen-bond acceptors (Lipinski definition) is 7. The lowest BCUT2D eigenvalue weighted by Gasteiger charge is -2.16. The number of nitrogens with two attached hydrogens (primary N) is 1. The minimum absolute atomic E-state index is 0.0839. The second-order valence-corrected chi connectivity index (χ2v) is 4.53. The quantitative estimate of drug-likeness (QED) is 0.690. The first-order chi connectivity index (χ1) is 7.58. The predicted molar refractivity (Wildman–Crippen MR) is 63.5 cm³/mol. The Balaban J connectivity index is 2.20. The molecule has 2 rings (SSSR count). The van der Waals surface area contributed by atoms with Gasteiger partial charge in [-0.15, -0.1) is 0 Å². The third-order valence-corrected chi connectivity index (χ3v) is 3.09. The number of aliphatic imine (C=N–C) groups is 4. The van der Waals surface area contributed by atoms with Crippen molar-refractivity contribution in [1.29, 1.82) is 0 Å². The molecule has 0 radical (unpaired) electrons. The number of amidine groups is 1. The fourth-order valence-corrected chi connectivity index (χ4v) is 2.10. The lowest BCUT2D eigenvalue weighted by molar-refractivity contribution is -0.136. The summed E-state index contributed by atoms with van der Waals surface area (Å²) in [6.07, 6.45) is 1.38. The molecule has 0 aliphatic carbocycles. The zero-order chi connectivity index (χ0) is 11.7. The Bertz CT molecular complexity index is 453. The fraction of sp³-hybridized carbons (Fsp3) is 0.375. The maximum Gasteiger partial charge on any atom is 0.316 e. The van der Waals surface area contributed by atoms with Crippen molar-refractivity contribution in [3.05, 3.63) is 0 Å². The minimum Gasteiger partial charge on any atom is -0.480 e. The third-order valence-electron chi connectivity index (χ3n) is 1.98. The van der Waals surface area contributed by atoms with Crippen LogP contribution in [0.1, 0.15) is 6.92 Å². The molecule has 0 fully saturated rings. The van der Waals surface area contributed by atoms with Crippen molar-refractivity contribution >= 4 is 40.9 Å². The second-order valence-electron chi connectivity index (χ2n) is 3.17. The summed E-state index contributed by atoms with van der Waals surface area (Å²) in [4.78, 5) is 26.6. The van der Waals surface area contributed by atoms with E-state index in [4.69, 9.17) is 10.8 Å². The molecule has 0 spiro atoms. The predicted octanol–water partition coefficient (Wildman–Crippen LogP) is -0.272. The Kier molecular flexibility index (Phi) is 2.73. The number of nitrogens with zero attached hydrogens (tertiary/aromatic N) is 4. The van der Waals surface area contributed by atoms with Crippen LogP contribution in [-0.2, 0) is 4.79 Å². The number of carbonyl (C=O) groups is 1. The minimum atomic E-state index is -0.908. The van der Waals surface area contributed by atoms with Crippen LogP contribution in [0.15, 0.2) is 20.0 Å². The van der Waals surface area contributed by atoms with E-state index in [0.717, 1.165) is 11.8 Å². The van der Waals surface area contributed by atoms with Crippen LogP contribution in [0.2, 0.25) is 0 Å². The van der Waals surface area contributed by atoms with E-state index in [0.29, 0.717) is 10.9 Å². The monoisotopic (exact) mass is 239 g/mol. The largest absolute Gasteiger partial charge is 0.480 e. The van der Waals surface area contributed by atoms with E-state index in [-0.39, 0.29) is 12.0 Å². The molecule has 16 heavy (non-hydrogen) atoms. The Morgan fingerprint density at radius 1 is 1.62 bits per heavy atom. The molecule has 0 saturated heterocycles. The van der Waals surface area contributed by atoms with Gasteiger partial charge in [-0.3, -0.25) is 9.79 Å². The molecule has 0 aromatic heterocycles. The first-order valence-electron chi connectivity index (χ1n) is 4.49. The number of rotatable bonds is 2. The van der Waals surface area contributed by atoms with Crippen LogP contribution in [0.25, 0.3) is 0 Å². The molecule has 0 bridgehead atoms. The van der Waals surface area contributed by atoms with Crippen LogP contribution >= 0.6 is 11.8 Å². The fourth-order valence-electron chi connectivity index (χ4n) is 1.20. The average Bonchev–Trinajstić information content (AvgIpc) is 2.65. The van der Waals surface area contributed by atoms with Crippen molar-refractivity contribution in [3.63, 3.8) is 0 Å². The number of fused-ring (bicyclic) bond motifs is 1. The first kappa shape index (κ1) is 10.8. The van der Waals surface area contributed by atoms with Gasteiger partial charge in [-0.2, -0.15) is 4.99 Å². The molecule has 0 saturated carbocycles. The Hall–Kier alpha value is -1.70. The van der Waals surface area contributed by atoms with Crippen molar-refractivity contribution in [2.45, 2.75) is 18.2 Å². The van der Waals surface area contributed by atoms with Gasteiger partial charge in [-0.25, -0.2) is 9.98 Å². The van der Waals surface area contributed by atoms with Crippen LogP contribution < -0.4 is 5.73 Å². The summed E-state index contributed by atoms with van der Waals surface area (Å²) in [5.41, 5.74) is 5.50. The maximum absolute atomic E-state index is 10.7. The van der Waals surface area contributed by atoms with Gasteiger partial charge in [-0.05, 0) is 6.92 Å². The van der Waals surface area contributed by atoms with E-state index in [1.54, 1.807) is 6.92 Å². The second kappa shape index (κ2) is 4.05. The summed E-state index contributed by atoms with van der Waals surface area (Å²) in [7, 11) is 0. The Labute approximate surface area is 95.3 Å². The standard InChI is InChI=1S/C8H9N5O2S/c1-3(7(14)15)16-6-4-5(11-2-10-4)12-8(9)13-6/h2-4H,1H3,(H,14,15)(H2,9,10,11,12). The molecular weight excluding hydrogens is 230 g/mol. The summed E-state index contributed by atoms with van der Waals surface area (Å²) in [5.74, 6) is -0.359. The molecule has 2 aliphatic rings. The molecule has 2 unspecified atom stereocenters. The van der Waals surface area contributed by atoms with Crippen LogP contribution in [0, 0.1) is 0 Å². The highest BCUT2D eigenvalue weighted by atomic mass is 32.2. The van der Waals surface area contributed by atoms with Crippen LogP contribution in [-0.4, -0.2) is 45.5 Å². The van der Waals surface area contributed by atoms with E-state index in [1.165, 1.54) is 6.34 Å². The summed E-state index contributed by atoms with van der Waals surface area (Å²) in [6.45, 7) is 1.58. The van der Waals surface area contributed by atoms with E-state index in [1.807, 2.05) is 0 Å². The van der Waals surface area contributed by atoms with Gasteiger partial charge in [0.25, 0.3) is 0 Å². The summed E-state index contributed by atoms with van der Waals surface area (Å²) in [5, 5.41) is 8.73. The zero-order valence-corrected chi connectivity index (χ0v) is 9.18. The topological polar surface area (TPSA) is 113 Å². The average molecular weight is 239 g/mol. The third kappa shape index (κ3) is 1.96. The molecule has 0 aromatic rings. The summed E-state index contributed by atoms with van der Waals surface area (Å²) < 4.78 is 0. The van der Waals surface area contributed by atoms with Crippen LogP contribution in [0.5, 0.6) is 0 Å². The number of guanidine groups is 1. The lowest BCUT2D eigenvalue weighted by Crippen LogP contribution is -2.33. The molecule has 8 heteroatoms. The smallest absolute Gasteiger partial charge is 0.316 e. The van der Waals surface area contributed by atoms with Crippen molar-refractivity contribution in [1.82, 2.24) is 0 Å². The molecular formula is C8H9N5O2S. The lowest BCUT2D eigenvalue weighted by atomic mass is 10.3. The van der Waals surface area contributed by atoms with E-state index >= 15 is 0 Å². The van der Waals surface area contributed by atoms with Gasteiger partial charge >= 0.3 is 5.97 Å². The Morgan fingerprint density at radius 3 is 3.06 bits per heavy atom. The number of hydrogen-bond donors (Lipinski definition) is 2. The Morgan fingerprint density at radius 2 is 2.38 bits per heavy atom. The molecule has 7 nitrogen and oxygen atoms in total. The SMILES string of the molecule is CC(SC1=NC(N)=NC2=NC=NC21)C(=O)O. The normalized spacial score (nSPS) is 24.3. The number of carboxylic acid groups (broad SMARTS) is 1. The molecule has 0 aromatic carbocycles. The van der Waals surface area contributed by atoms with Gasteiger partial charge in [-0.1, -0.05) is 11.8 Å². The highest BCUT2D eigenvalue weighted by Crippen LogP contribution is 2.22. The molecule has 0 amide bonds. The number of thioether (sulfide) groups is 1. The zero-order valence-electron chi connectivity index (χ0n) is 8.36. The summed E-state index contributed by atoms with van der Waals surface area (Å²) >= 11 is 1.10. The van der Waals surface area contributed by atoms with Gasteiger partial charge in [0.05, 0.1) is 0 Å². The number of carboxylic acids is 1. The van der Waals surface area contributed by atoms with Crippen molar-refractivity contribution in [3.8, 4) is 0 Å². The van der Waals surface area contributed by atoms with Gasteiger partial charge in [0.15, 0.2) is 11.9 Å². The van der Waals surface area contributed by atoms with Crippen LogP contribution in [0.3, 0.4) is 0 Å². The molecule has 3 N–H and O–H groups in total. The number of aliphatic carboxylic acids is 1. The highest BCUT2D eigenvalue weighted by molar-refractivity contribution is 8.15. The van der Waals surface area contributed by atoms with Gasteiger partial charge in [0.1, 0.15) is 16.6 Å². The first-order valence-corrected chi connectivity index (χ1v) is 5.37. The maximum atomic E-state index is 10.7. The van der Waals surface area contributed by atoms with Gasteiger partial charge in [0.2, 0.25) is 5.96 Å². The van der Waals surface area contributed by atoms with E-state index in [9.17, 15) is 4.79 Å². The van der Waals surface area contributed by atoms with Gasteiger partial charge < -0.3 is 10.8 Å². The van der Waals surface area contributed by atoms with Crippen LogP contribution in [0.4, 0.5) is 0 Å². The molecule has 2 atom stereocenters. The summed E-state index contributed by atoms with van der Waals surface area (Å²) in [6, 6.07) is -0.390. The van der Waals surface area contributed by atoms with Crippen molar-refractivity contribution in [2.75, 3.05) is 0 Å². The molecule has 2 heterocycles. The molecule has 84 valence electrons. The van der Waals surface area contributed by atoms with Gasteiger partial charge in [0, 0.05) is 0 Å². The van der Waals surface area contributed by atoms with Crippen molar-refractivity contribution in [2.24, 2.45) is 25.7 Å². The molecule has 2 aliphatic heterocycles. The van der Waals surface area contributed by atoms with Crippen molar-refractivity contribution < 1.29 is 9.90 Å².